The van der Waals surface area contributed by atoms with Crippen molar-refractivity contribution >= 4 is 23.7 Å². The lowest BCUT2D eigenvalue weighted by molar-refractivity contribution is 0.598. The minimum absolute atomic E-state index is 0.0301. The lowest BCUT2D eigenvalue weighted by Gasteiger charge is -2.15. The van der Waals surface area contributed by atoms with E-state index in [1.54, 1.807) is 6.08 Å². The number of rotatable bonds is 0. The Morgan fingerprint density at radius 2 is 2.00 bits per heavy atom. The number of allylic oxidation sites excluding steroid dienone is 2. The fraction of sp³-hybridized carbons (Fsp3) is 0.333. The molecule has 0 radical (unpaired) electrons. The van der Waals surface area contributed by atoms with E-state index in [9.17, 15) is 4.39 Å². The highest BCUT2D eigenvalue weighted by Gasteiger charge is 2.28. The monoisotopic (exact) mass is 192 g/mol. The van der Waals surface area contributed by atoms with Gasteiger partial charge in [-0.3, -0.25) is 0 Å². The molecule has 0 bridgehead atoms. The van der Waals surface area contributed by atoms with Crippen molar-refractivity contribution in [1.29, 1.82) is 0 Å². The third-order valence-electron chi connectivity index (χ3n) is 1.66. The zero-order chi connectivity index (χ0) is 7.84. The Hall–Kier alpha value is -0.0300. The van der Waals surface area contributed by atoms with Crippen LogP contribution in [-0.2, 0) is 0 Å². The van der Waals surface area contributed by atoms with Gasteiger partial charge in [-0.15, -0.1) is 0 Å². The maximum Gasteiger partial charge on any atom is 0.139 e. The summed E-state index contributed by atoms with van der Waals surface area (Å²) in [6.45, 7) is 0. The number of halogens is 2. The molecule has 0 aromatic heterocycles. The normalized spacial score (nSPS) is 36.2. The van der Waals surface area contributed by atoms with Crippen molar-refractivity contribution < 1.29 is 4.39 Å². The van der Waals surface area contributed by atoms with Crippen LogP contribution in [0, 0.1) is 0 Å². The highest BCUT2D eigenvalue weighted by Crippen LogP contribution is 2.27. The SMILES string of the molecule is FC1=CC2NSNC2C=C1Cl. The predicted octanol–water partition coefficient (Wildman–Crippen LogP) is 1.47. The number of nitrogens with one attached hydrogen (secondary N) is 2. The second kappa shape index (κ2) is 2.79. The summed E-state index contributed by atoms with van der Waals surface area (Å²) < 4.78 is 18.8. The van der Waals surface area contributed by atoms with Crippen LogP contribution in [-0.4, -0.2) is 12.1 Å². The zero-order valence-electron chi connectivity index (χ0n) is 5.47. The Labute approximate surface area is 73.1 Å². The van der Waals surface area contributed by atoms with Gasteiger partial charge >= 0.3 is 0 Å². The van der Waals surface area contributed by atoms with Gasteiger partial charge in [-0.05, 0) is 12.2 Å². The van der Waals surface area contributed by atoms with E-state index < -0.39 is 0 Å². The van der Waals surface area contributed by atoms with E-state index in [-0.39, 0.29) is 22.9 Å². The Kier molecular flexibility index (Phi) is 1.93. The molecular weight excluding hydrogens is 187 g/mol. The second-order valence-corrected chi connectivity index (χ2v) is 3.50. The van der Waals surface area contributed by atoms with Gasteiger partial charge in [0.25, 0.3) is 0 Å². The van der Waals surface area contributed by atoms with Gasteiger partial charge in [0.05, 0.1) is 17.1 Å². The predicted molar refractivity (Wildman–Crippen MR) is 44.6 cm³/mol. The van der Waals surface area contributed by atoms with Crippen molar-refractivity contribution in [2.45, 2.75) is 12.1 Å². The summed E-state index contributed by atoms with van der Waals surface area (Å²) >= 11 is 6.94. The summed E-state index contributed by atoms with van der Waals surface area (Å²) in [4.78, 5) is 0. The maximum absolute atomic E-state index is 12.8. The summed E-state index contributed by atoms with van der Waals surface area (Å²) in [6.07, 6.45) is 3.16. The molecule has 1 saturated heterocycles. The Bertz CT molecular complexity index is 217. The Morgan fingerprint density at radius 3 is 2.73 bits per heavy atom. The smallest absolute Gasteiger partial charge is 0.139 e. The minimum atomic E-state index is -0.343. The standard InChI is InChI=1S/C6H6ClFN2S/c7-3-1-5-6(2-4(3)8)10-11-9-5/h1-2,5-6,9-10H. The average molecular weight is 193 g/mol. The van der Waals surface area contributed by atoms with Crippen LogP contribution in [0.25, 0.3) is 0 Å². The first-order valence-electron chi connectivity index (χ1n) is 3.19. The summed E-state index contributed by atoms with van der Waals surface area (Å²) in [7, 11) is 0. The Balaban J connectivity index is 2.26. The molecule has 1 heterocycles. The summed E-state index contributed by atoms with van der Waals surface area (Å²) in [5, 5.41) is 0.197. The zero-order valence-corrected chi connectivity index (χ0v) is 7.05. The van der Waals surface area contributed by atoms with Crippen LogP contribution < -0.4 is 9.44 Å². The molecule has 1 fully saturated rings. The van der Waals surface area contributed by atoms with Crippen LogP contribution in [0.3, 0.4) is 0 Å². The molecule has 5 heteroatoms. The van der Waals surface area contributed by atoms with Crippen molar-refractivity contribution in [3.05, 3.63) is 23.0 Å². The van der Waals surface area contributed by atoms with Gasteiger partial charge in [0, 0.05) is 12.1 Å². The lowest BCUT2D eigenvalue weighted by Crippen LogP contribution is -2.32. The van der Waals surface area contributed by atoms with E-state index in [0.717, 1.165) is 0 Å². The van der Waals surface area contributed by atoms with Crippen molar-refractivity contribution in [2.75, 3.05) is 0 Å². The first-order chi connectivity index (χ1) is 5.27. The molecule has 2 nitrogen and oxygen atoms in total. The van der Waals surface area contributed by atoms with E-state index in [4.69, 9.17) is 11.6 Å². The lowest BCUT2D eigenvalue weighted by atomic mass is 10.0. The van der Waals surface area contributed by atoms with Crippen molar-refractivity contribution in [1.82, 2.24) is 9.44 Å². The highest BCUT2D eigenvalue weighted by molar-refractivity contribution is 7.95. The molecule has 0 spiro atoms. The largest absolute Gasteiger partial charge is 0.242 e. The molecule has 1 aliphatic heterocycles. The van der Waals surface area contributed by atoms with Crippen molar-refractivity contribution in [3.63, 3.8) is 0 Å². The van der Waals surface area contributed by atoms with Crippen LogP contribution in [0.15, 0.2) is 23.0 Å². The molecule has 60 valence electrons. The van der Waals surface area contributed by atoms with Crippen LogP contribution in [0.5, 0.6) is 0 Å². The minimum Gasteiger partial charge on any atom is -0.242 e. The molecular formula is C6H6ClFN2S. The molecule has 2 N–H and O–H groups in total. The molecule has 2 unspecified atom stereocenters. The van der Waals surface area contributed by atoms with Gasteiger partial charge in [-0.2, -0.15) is 0 Å². The molecule has 2 aliphatic rings. The van der Waals surface area contributed by atoms with Crippen LogP contribution >= 0.6 is 23.7 Å². The average Bonchev–Trinajstić information content (AvgIpc) is 2.36. The van der Waals surface area contributed by atoms with Gasteiger partial charge in [-0.1, -0.05) is 11.6 Å². The fourth-order valence-corrected chi connectivity index (χ4v) is 2.03. The van der Waals surface area contributed by atoms with E-state index in [1.165, 1.54) is 18.2 Å². The van der Waals surface area contributed by atoms with Gasteiger partial charge in [0.15, 0.2) is 0 Å². The van der Waals surface area contributed by atoms with Crippen LogP contribution in [0.4, 0.5) is 4.39 Å². The Morgan fingerprint density at radius 1 is 1.36 bits per heavy atom. The molecule has 0 aromatic carbocycles. The van der Waals surface area contributed by atoms with Gasteiger partial charge in [0.2, 0.25) is 0 Å². The van der Waals surface area contributed by atoms with Gasteiger partial charge in [-0.25, -0.2) is 13.8 Å². The molecule has 0 aromatic rings. The molecule has 11 heavy (non-hydrogen) atoms. The number of fused-ring (bicyclic) bond motifs is 1. The molecule has 0 amide bonds. The maximum atomic E-state index is 12.8. The molecule has 0 saturated carbocycles. The number of hydrogen-bond donors (Lipinski definition) is 2. The topological polar surface area (TPSA) is 24.1 Å². The second-order valence-electron chi connectivity index (χ2n) is 2.42. The van der Waals surface area contributed by atoms with Gasteiger partial charge in [0.1, 0.15) is 5.83 Å². The first-order valence-corrected chi connectivity index (χ1v) is 4.39. The van der Waals surface area contributed by atoms with Crippen LogP contribution in [0.2, 0.25) is 0 Å². The van der Waals surface area contributed by atoms with E-state index in [2.05, 4.69) is 9.44 Å². The molecule has 2 rings (SSSR count). The third-order valence-corrected chi connectivity index (χ3v) is 2.74. The molecule has 1 aliphatic carbocycles. The highest BCUT2D eigenvalue weighted by atomic mass is 35.5. The van der Waals surface area contributed by atoms with E-state index >= 15 is 0 Å². The van der Waals surface area contributed by atoms with E-state index in [0.29, 0.717) is 0 Å². The first kappa shape index (κ1) is 7.61. The summed E-state index contributed by atoms with van der Waals surface area (Å²) in [6, 6.07) is 0.148. The van der Waals surface area contributed by atoms with Gasteiger partial charge < -0.3 is 0 Å². The van der Waals surface area contributed by atoms with Crippen molar-refractivity contribution in [3.8, 4) is 0 Å². The fourth-order valence-electron chi connectivity index (χ4n) is 1.07. The quantitative estimate of drug-likeness (QED) is 0.569. The number of hydrogen-bond acceptors (Lipinski definition) is 3. The third kappa shape index (κ3) is 1.31. The van der Waals surface area contributed by atoms with Crippen LogP contribution in [0.1, 0.15) is 0 Å². The summed E-state index contributed by atoms with van der Waals surface area (Å²) in [5.41, 5.74) is 0. The van der Waals surface area contributed by atoms with E-state index in [1.807, 2.05) is 0 Å². The van der Waals surface area contributed by atoms with Crippen molar-refractivity contribution in [2.24, 2.45) is 0 Å². The summed E-state index contributed by atoms with van der Waals surface area (Å²) in [5.74, 6) is -0.343. The molecule has 2 atom stereocenters.